The van der Waals surface area contributed by atoms with Gasteiger partial charge in [0.15, 0.2) is 0 Å². The van der Waals surface area contributed by atoms with Gasteiger partial charge in [0, 0.05) is 5.69 Å². The first kappa shape index (κ1) is 22.8. The van der Waals surface area contributed by atoms with Gasteiger partial charge in [0.1, 0.15) is 28.1 Å². The van der Waals surface area contributed by atoms with Crippen LogP contribution in [0.25, 0.3) is 0 Å². The number of sulfone groups is 1. The minimum absolute atomic E-state index is 0.106. The van der Waals surface area contributed by atoms with E-state index in [0.29, 0.717) is 11.6 Å². The number of anilines is 2. The second-order valence-electron chi connectivity index (χ2n) is 7.16. The summed E-state index contributed by atoms with van der Waals surface area (Å²) >= 11 is 1.09. The number of carbonyl (C=O) groups is 1. The van der Waals surface area contributed by atoms with Gasteiger partial charge in [-0.2, -0.15) is 5.10 Å². The Kier molecular flexibility index (Phi) is 6.71. The van der Waals surface area contributed by atoms with Gasteiger partial charge < -0.3 is 11.1 Å². The lowest BCUT2D eigenvalue weighted by molar-refractivity contribution is -0.116. The first-order valence-corrected chi connectivity index (χ1v) is 12.1. The SMILES string of the molecule is CSc1nn(CC(=O)Nc2ccc(C(C)C)cc2)c(N)c1S(=O)(=O)c1ccc(F)cc1. The molecule has 1 aromatic heterocycles. The number of nitrogens with zero attached hydrogens (tertiary/aromatic N) is 2. The van der Waals surface area contributed by atoms with E-state index in [1.807, 2.05) is 12.1 Å². The van der Waals surface area contributed by atoms with E-state index >= 15 is 0 Å². The molecular weight excluding hydrogens is 439 g/mol. The lowest BCUT2D eigenvalue weighted by Gasteiger charge is -2.09. The number of nitrogens with two attached hydrogens (primary N) is 1. The third kappa shape index (κ3) is 4.91. The molecule has 31 heavy (non-hydrogen) atoms. The molecule has 0 radical (unpaired) electrons. The molecular formula is C21H23FN4O3S2. The van der Waals surface area contributed by atoms with Crippen LogP contribution in [-0.2, 0) is 21.2 Å². The highest BCUT2D eigenvalue weighted by molar-refractivity contribution is 7.99. The average molecular weight is 463 g/mol. The molecule has 0 bridgehead atoms. The highest BCUT2D eigenvalue weighted by Crippen LogP contribution is 2.34. The molecule has 7 nitrogen and oxygen atoms in total. The van der Waals surface area contributed by atoms with E-state index in [1.54, 1.807) is 18.4 Å². The fraction of sp³-hybridized carbons (Fsp3) is 0.238. The van der Waals surface area contributed by atoms with Crippen LogP contribution < -0.4 is 11.1 Å². The number of nitrogens with one attached hydrogen (secondary N) is 1. The summed E-state index contributed by atoms with van der Waals surface area (Å²) in [6.45, 7) is 3.90. The summed E-state index contributed by atoms with van der Waals surface area (Å²) in [5, 5.41) is 7.11. The number of aromatic nitrogens is 2. The van der Waals surface area contributed by atoms with Crippen molar-refractivity contribution in [1.29, 1.82) is 0 Å². The number of halogens is 1. The zero-order chi connectivity index (χ0) is 22.8. The van der Waals surface area contributed by atoms with Crippen molar-refractivity contribution in [3.8, 4) is 0 Å². The number of rotatable bonds is 7. The third-order valence-electron chi connectivity index (χ3n) is 4.66. The van der Waals surface area contributed by atoms with E-state index in [0.717, 1.165) is 34.1 Å². The molecule has 0 saturated carbocycles. The predicted octanol–water partition coefficient (Wildman–Crippen LogP) is 3.92. The van der Waals surface area contributed by atoms with E-state index < -0.39 is 21.6 Å². The molecule has 0 fully saturated rings. The highest BCUT2D eigenvalue weighted by Gasteiger charge is 2.29. The lowest BCUT2D eigenvalue weighted by Crippen LogP contribution is -2.21. The molecule has 0 aliphatic carbocycles. The summed E-state index contributed by atoms with van der Waals surface area (Å²) in [6.07, 6.45) is 1.66. The highest BCUT2D eigenvalue weighted by atomic mass is 32.2. The fourth-order valence-electron chi connectivity index (χ4n) is 2.96. The quantitative estimate of drug-likeness (QED) is 0.407. The Hall–Kier alpha value is -2.85. The van der Waals surface area contributed by atoms with Crippen molar-refractivity contribution < 1.29 is 17.6 Å². The maximum Gasteiger partial charge on any atom is 0.246 e. The molecule has 164 valence electrons. The van der Waals surface area contributed by atoms with E-state index in [2.05, 4.69) is 24.3 Å². The Balaban J connectivity index is 1.85. The monoisotopic (exact) mass is 462 g/mol. The molecule has 3 rings (SSSR count). The molecule has 0 spiro atoms. The van der Waals surface area contributed by atoms with Crippen molar-refractivity contribution in [2.45, 2.75) is 41.1 Å². The van der Waals surface area contributed by atoms with E-state index in [1.165, 1.54) is 12.1 Å². The van der Waals surface area contributed by atoms with Crippen LogP contribution in [0.5, 0.6) is 0 Å². The summed E-state index contributed by atoms with van der Waals surface area (Å²) in [7, 11) is -4.04. The second kappa shape index (κ2) is 9.11. The Morgan fingerprint density at radius 3 is 2.32 bits per heavy atom. The van der Waals surface area contributed by atoms with Gasteiger partial charge in [0.05, 0.1) is 4.90 Å². The van der Waals surface area contributed by atoms with E-state index in [9.17, 15) is 17.6 Å². The smallest absolute Gasteiger partial charge is 0.246 e. The first-order valence-electron chi connectivity index (χ1n) is 9.44. The van der Waals surface area contributed by atoms with Gasteiger partial charge in [-0.1, -0.05) is 26.0 Å². The largest absolute Gasteiger partial charge is 0.383 e. The molecule has 0 aliphatic rings. The van der Waals surface area contributed by atoms with Crippen LogP contribution in [0.4, 0.5) is 15.9 Å². The molecule has 3 aromatic rings. The Morgan fingerprint density at radius 1 is 1.16 bits per heavy atom. The van der Waals surface area contributed by atoms with Crippen LogP contribution in [0.2, 0.25) is 0 Å². The molecule has 1 heterocycles. The Labute approximate surface area is 184 Å². The maximum atomic E-state index is 13.2. The number of hydrogen-bond acceptors (Lipinski definition) is 6. The van der Waals surface area contributed by atoms with Crippen LogP contribution in [0.3, 0.4) is 0 Å². The number of nitrogen functional groups attached to an aromatic ring is 1. The summed E-state index contributed by atoms with van der Waals surface area (Å²) in [4.78, 5) is 12.2. The molecule has 0 atom stereocenters. The van der Waals surface area contributed by atoms with Gasteiger partial charge in [-0.3, -0.25) is 4.79 Å². The summed E-state index contributed by atoms with van der Waals surface area (Å²) in [6, 6.07) is 11.9. The van der Waals surface area contributed by atoms with Gasteiger partial charge in [-0.05, 0) is 54.1 Å². The van der Waals surface area contributed by atoms with Crippen molar-refractivity contribution in [3.05, 3.63) is 59.9 Å². The lowest BCUT2D eigenvalue weighted by atomic mass is 10.0. The van der Waals surface area contributed by atoms with Crippen molar-refractivity contribution >= 4 is 39.0 Å². The van der Waals surface area contributed by atoms with Crippen molar-refractivity contribution in [2.75, 3.05) is 17.3 Å². The van der Waals surface area contributed by atoms with Crippen LogP contribution in [-0.4, -0.2) is 30.4 Å². The normalized spacial score (nSPS) is 11.6. The van der Waals surface area contributed by atoms with E-state index in [4.69, 9.17) is 5.73 Å². The average Bonchev–Trinajstić information content (AvgIpc) is 3.04. The van der Waals surface area contributed by atoms with Crippen LogP contribution >= 0.6 is 11.8 Å². The minimum Gasteiger partial charge on any atom is -0.383 e. The molecule has 0 unspecified atom stereocenters. The Morgan fingerprint density at radius 2 is 1.77 bits per heavy atom. The van der Waals surface area contributed by atoms with Gasteiger partial charge >= 0.3 is 0 Å². The first-order chi connectivity index (χ1) is 14.6. The van der Waals surface area contributed by atoms with Gasteiger partial charge in [-0.15, -0.1) is 11.8 Å². The molecule has 0 saturated heterocycles. The van der Waals surface area contributed by atoms with Gasteiger partial charge in [-0.25, -0.2) is 17.5 Å². The third-order valence-corrected chi connectivity index (χ3v) is 7.29. The Bertz CT molecular complexity index is 1190. The van der Waals surface area contributed by atoms with Gasteiger partial charge in [0.2, 0.25) is 15.7 Å². The number of amides is 1. The molecule has 0 aliphatic heterocycles. The summed E-state index contributed by atoms with van der Waals surface area (Å²) in [5.41, 5.74) is 7.84. The zero-order valence-electron chi connectivity index (χ0n) is 17.3. The number of benzene rings is 2. The molecule has 3 N–H and O–H groups in total. The van der Waals surface area contributed by atoms with Gasteiger partial charge in [0.25, 0.3) is 0 Å². The number of hydrogen-bond donors (Lipinski definition) is 2. The molecule has 2 aromatic carbocycles. The topological polar surface area (TPSA) is 107 Å². The summed E-state index contributed by atoms with van der Waals surface area (Å²) in [5.74, 6) is -0.727. The maximum absolute atomic E-state index is 13.2. The van der Waals surface area contributed by atoms with Crippen molar-refractivity contribution in [1.82, 2.24) is 9.78 Å². The molecule has 10 heteroatoms. The number of carbonyl (C=O) groups excluding carboxylic acids is 1. The zero-order valence-corrected chi connectivity index (χ0v) is 18.9. The van der Waals surface area contributed by atoms with Crippen LogP contribution in [0, 0.1) is 5.82 Å². The second-order valence-corrected chi connectivity index (χ2v) is 9.85. The summed E-state index contributed by atoms with van der Waals surface area (Å²) < 4.78 is 40.5. The van der Waals surface area contributed by atoms with Crippen LogP contribution in [0.1, 0.15) is 25.3 Å². The number of thioether (sulfide) groups is 1. The fourth-order valence-corrected chi connectivity index (χ4v) is 5.39. The predicted molar refractivity (Wildman–Crippen MR) is 119 cm³/mol. The standard InChI is InChI=1S/C21H23FN4O3S2/c1-13(2)14-4-8-16(9-5-14)24-18(27)12-26-20(23)19(21(25-26)30-3)31(28,29)17-10-6-15(22)7-11-17/h4-11,13H,12,23H2,1-3H3,(H,24,27). The molecule has 1 amide bonds. The van der Waals surface area contributed by atoms with E-state index in [-0.39, 0.29) is 27.2 Å². The van der Waals surface area contributed by atoms with Crippen molar-refractivity contribution in [2.24, 2.45) is 0 Å². The minimum atomic E-state index is -4.04. The van der Waals surface area contributed by atoms with Crippen LogP contribution in [0.15, 0.2) is 63.3 Å². The van der Waals surface area contributed by atoms with Crippen molar-refractivity contribution in [3.63, 3.8) is 0 Å².